The molecule has 0 spiro atoms. The molecule has 1 aliphatic rings. The van der Waals surface area contributed by atoms with Crippen molar-refractivity contribution in [3.63, 3.8) is 0 Å². The maximum atomic E-state index is 11.0. The number of aliphatic hydroxyl groups excluding tert-OH is 3. The van der Waals surface area contributed by atoms with E-state index >= 15 is 0 Å². The quantitative estimate of drug-likeness (QED) is 0.117. The molecule has 0 saturated carbocycles. The Morgan fingerprint density at radius 2 is 1.63 bits per heavy atom. The first-order chi connectivity index (χ1) is 23.5. The normalized spacial score (nSPS) is 19.1. The summed E-state index contributed by atoms with van der Waals surface area (Å²) in [6.07, 6.45) is -8.23. The van der Waals surface area contributed by atoms with Gasteiger partial charge in [0.2, 0.25) is 11.8 Å². The number of nitrogens with one attached hydrogen (secondary N) is 2. The number of carboxylic acids is 1. The van der Waals surface area contributed by atoms with Gasteiger partial charge in [0.25, 0.3) is 0 Å². The molecule has 49 heavy (non-hydrogen) atoms. The number of hydrogen-bond donors (Lipinski definition) is 6. The number of halogens is 3. The molecule has 0 aliphatic carbocycles. The van der Waals surface area contributed by atoms with Gasteiger partial charge in [-0.15, -0.1) is 10.2 Å². The van der Waals surface area contributed by atoms with E-state index in [4.69, 9.17) is 14.6 Å². The highest BCUT2D eigenvalue weighted by atomic mass is 19.4. The summed E-state index contributed by atoms with van der Waals surface area (Å²) in [5.41, 5.74) is 3.10. The predicted octanol–water partition coefficient (Wildman–Crippen LogP) is 2.11. The molecule has 0 amide bonds. The number of aliphatic hydroxyl groups is 3. The Kier molecular flexibility index (Phi) is 11.0. The van der Waals surface area contributed by atoms with E-state index in [2.05, 4.69) is 65.3 Å². The van der Waals surface area contributed by atoms with E-state index in [1.165, 1.54) is 11.1 Å². The van der Waals surface area contributed by atoms with Gasteiger partial charge in [0, 0.05) is 19.0 Å². The van der Waals surface area contributed by atoms with Crippen LogP contribution in [0.5, 0.6) is 0 Å². The molecule has 6 N–H and O–H groups in total. The summed E-state index contributed by atoms with van der Waals surface area (Å²) in [6, 6.07) is 20.4. The monoisotopic (exact) mass is 686 g/mol. The van der Waals surface area contributed by atoms with Crippen molar-refractivity contribution in [3.8, 4) is 0 Å². The summed E-state index contributed by atoms with van der Waals surface area (Å²) in [7, 11) is 0. The van der Waals surface area contributed by atoms with Crippen LogP contribution >= 0.6 is 0 Å². The van der Waals surface area contributed by atoms with E-state index in [9.17, 15) is 28.5 Å². The molecule has 4 heterocycles. The smallest absolute Gasteiger partial charge is 0.475 e. The minimum atomic E-state index is -5.08. The van der Waals surface area contributed by atoms with Gasteiger partial charge in [-0.05, 0) is 23.3 Å². The van der Waals surface area contributed by atoms with Crippen molar-refractivity contribution in [3.05, 3.63) is 83.9 Å². The van der Waals surface area contributed by atoms with Crippen molar-refractivity contribution in [1.29, 1.82) is 0 Å². The van der Waals surface area contributed by atoms with Gasteiger partial charge in [-0.1, -0.05) is 60.7 Å². The number of aromatic nitrogens is 8. The zero-order valence-corrected chi connectivity index (χ0v) is 25.9. The number of ether oxygens (including phenoxy) is 1. The minimum absolute atomic E-state index is 0.0216. The molecule has 6 rings (SSSR count). The second-order valence-electron chi connectivity index (χ2n) is 10.7. The zero-order chi connectivity index (χ0) is 35.1. The lowest BCUT2D eigenvalue weighted by molar-refractivity contribution is -0.192. The van der Waals surface area contributed by atoms with Crippen LogP contribution in [0.2, 0.25) is 0 Å². The van der Waals surface area contributed by atoms with Crippen molar-refractivity contribution >= 4 is 28.9 Å². The Balaban J connectivity index is 0.000000606. The number of nitrogens with zero attached hydrogens (tertiary/aromatic N) is 8. The van der Waals surface area contributed by atoms with Gasteiger partial charge in [-0.3, -0.25) is 4.57 Å². The Bertz CT molecular complexity index is 1790. The Morgan fingerprint density at radius 3 is 2.18 bits per heavy atom. The number of hydrogen-bond acceptors (Lipinski definition) is 13. The molecule has 0 bridgehead atoms. The number of carboxylic acid groups (broad SMARTS) is 1. The fourth-order valence-electron chi connectivity index (χ4n) is 5.08. The average Bonchev–Trinajstić information content (AvgIpc) is 3.82. The van der Waals surface area contributed by atoms with Gasteiger partial charge < -0.3 is 35.8 Å². The van der Waals surface area contributed by atoms with E-state index in [0.29, 0.717) is 30.1 Å². The van der Waals surface area contributed by atoms with Gasteiger partial charge in [0.05, 0.1) is 19.5 Å². The lowest BCUT2D eigenvalue weighted by Crippen LogP contribution is -2.29. The molecule has 2 aromatic carbocycles. The van der Waals surface area contributed by atoms with Crippen molar-refractivity contribution in [2.45, 2.75) is 50.1 Å². The maximum absolute atomic E-state index is 11.0. The molecular formula is C30H33F3N10O6. The average molecular weight is 687 g/mol. The van der Waals surface area contributed by atoms with Crippen LogP contribution in [0.25, 0.3) is 11.2 Å². The SMILES string of the molecule is CCn1nnc([C@H]2O[C@@H](n3cnc4c(NCC(c5ccccc5)c5ccccc5)nc(NCCO)nc43)[C@H](O)[C@@H]2O)n1.O=C(O)C(F)(F)F. The number of benzene rings is 2. The molecule has 16 nitrogen and oxygen atoms in total. The fraction of sp³-hybridized carbons (Fsp3) is 0.367. The molecule has 0 unspecified atom stereocenters. The number of imidazole rings is 1. The van der Waals surface area contributed by atoms with Crippen molar-refractivity contribution in [2.75, 3.05) is 30.3 Å². The van der Waals surface area contributed by atoms with Crippen LogP contribution in [0.4, 0.5) is 24.9 Å². The van der Waals surface area contributed by atoms with E-state index in [0.717, 1.165) is 11.1 Å². The van der Waals surface area contributed by atoms with Gasteiger partial charge >= 0.3 is 12.1 Å². The van der Waals surface area contributed by atoms with Crippen LogP contribution in [0.3, 0.4) is 0 Å². The zero-order valence-electron chi connectivity index (χ0n) is 25.9. The number of alkyl halides is 3. The lowest BCUT2D eigenvalue weighted by atomic mass is 9.91. The predicted molar refractivity (Wildman–Crippen MR) is 166 cm³/mol. The fourth-order valence-corrected chi connectivity index (χ4v) is 5.08. The van der Waals surface area contributed by atoms with Crippen LogP contribution in [0.15, 0.2) is 67.0 Å². The second-order valence-corrected chi connectivity index (χ2v) is 10.7. The van der Waals surface area contributed by atoms with Crippen molar-refractivity contribution in [1.82, 2.24) is 39.7 Å². The van der Waals surface area contributed by atoms with Crippen LogP contribution in [-0.2, 0) is 16.1 Å². The Morgan fingerprint density at radius 1 is 1.00 bits per heavy atom. The number of anilines is 2. The number of tetrazole rings is 1. The molecule has 5 aromatic rings. The maximum Gasteiger partial charge on any atom is 0.490 e. The topological polar surface area (TPSA) is 218 Å². The van der Waals surface area contributed by atoms with Crippen LogP contribution in [0, 0.1) is 0 Å². The van der Waals surface area contributed by atoms with Crippen molar-refractivity contribution < 1.29 is 43.1 Å². The highest BCUT2D eigenvalue weighted by Gasteiger charge is 2.47. The summed E-state index contributed by atoms with van der Waals surface area (Å²) in [4.78, 5) is 24.1. The number of aryl methyl sites for hydroxylation is 1. The third kappa shape index (κ3) is 8.08. The summed E-state index contributed by atoms with van der Waals surface area (Å²) in [5.74, 6) is -1.84. The van der Waals surface area contributed by atoms with Crippen LogP contribution in [0.1, 0.15) is 42.1 Å². The summed E-state index contributed by atoms with van der Waals surface area (Å²) < 4.78 is 39.3. The van der Waals surface area contributed by atoms with E-state index in [-0.39, 0.29) is 30.8 Å². The highest BCUT2D eigenvalue weighted by Crippen LogP contribution is 2.39. The molecule has 3 aromatic heterocycles. The largest absolute Gasteiger partial charge is 0.490 e. The minimum Gasteiger partial charge on any atom is -0.475 e. The first-order valence-corrected chi connectivity index (χ1v) is 15.0. The standard InChI is InChI=1S/C28H32N10O4.C2HF3O2/c1-2-38-35-25(34-36-38)23-21(40)22(41)27(42-23)37-16-31-20-24(32-28(29-13-14-39)33-26(20)37)30-15-19(17-9-5-3-6-10-17)18-11-7-4-8-12-18;3-2(4,5)1(6)7/h3-12,16,19,21-23,27,39-41H,2,13-15H2,1H3,(H2,29,30,32,33);(H,6,7)/t21-,22+,23-,27+;/m0./s1. The molecule has 19 heteroatoms. The molecular weight excluding hydrogens is 653 g/mol. The molecule has 0 radical (unpaired) electrons. The lowest BCUT2D eigenvalue weighted by Gasteiger charge is -2.20. The Labute approximate surface area is 276 Å². The molecule has 1 aliphatic heterocycles. The second kappa shape index (κ2) is 15.3. The summed E-state index contributed by atoms with van der Waals surface area (Å²) in [5, 5.41) is 56.9. The third-order valence-corrected chi connectivity index (χ3v) is 7.45. The number of aliphatic carboxylic acids is 1. The van der Waals surface area contributed by atoms with Crippen molar-refractivity contribution in [2.24, 2.45) is 0 Å². The summed E-state index contributed by atoms with van der Waals surface area (Å²) in [6.45, 7) is 2.99. The van der Waals surface area contributed by atoms with Gasteiger partial charge in [0.15, 0.2) is 29.3 Å². The number of carbonyl (C=O) groups is 1. The van der Waals surface area contributed by atoms with E-state index < -0.39 is 36.7 Å². The van der Waals surface area contributed by atoms with E-state index in [1.807, 2.05) is 43.3 Å². The van der Waals surface area contributed by atoms with Crippen LogP contribution < -0.4 is 10.6 Å². The first-order valence-electron chi connectivity index (χ1n) is 15.0. The molecule has 1 saturated heterocycles. The molecule has 1 fully saturated rings. The van der Waals surface area contributed by atoms with E-state index in [1.54, 1.807) is 4.57 Å². The van der Waals surface area contributed by atoms with Crippen LogP contribution in [-0.4, -0.2) is 104 Å². The number of fused-ring (bicyclic) bond motifs is 1. The summed E-state index contributed by atoms with van der Waals surface area (Å²) >= 11 is 0. The van der Waals surface area contributed by atoms with Gasteiger partial charge in [-0.2, -0.15) is 27.9 Å². The number of rotatable bonds is 11. The molecule has 4 atom stereocenters. The van der Waals surface area contributed by atoms with Gasteiger partial charge in [-0.25, -0.2) is 9.78 Å². The van der Waals surface area contributed by atoms with Gasteiger partial charge in [0.1, 0.15) is 12.2 Å². The molecule has 260 valence electrons. The third-order valence-electron chi connectivity index (χ3n) is 7.45. The first kappa shape index (κ1) is 35.1. The Hall–Kier alpha value is -5.24. The highest BCUT2D eigenvalue weighted by molar-refractivity contribution is 5.84.